The first kappa shape index (κ1) is 16.8. The number of piperidine rings is 1. The molecule has 6 nitrogen and oxygen atoms in total. The highest BCUT2D eigenvalue weighted by Crippen LogP contribution is 2.09. The van der Waals surface area contributed by atoms with Crippen LogP contribution in [0.2, 0.25) is 0 Å². The molecule has 0 aromatic heterocycles. The van der Waals surface area contributed by atoms with Crippen molar-refractivity contribution in [3.05, 3.63) is 0 Å². The van der Waals surface area contributed by atoms with Crippen molar-refractivity contribution in [3.63, 3.8) is 0 Å². The second-order valence-electron chi connectivity index (χ2n) is 6.25. The number of nitrogens with one attached hydrogen (secondary N) is 2. The van der Waals surface area contributed by atoms with E-state index in [2.05, 4.69) is 10.6 Å². The average Bonchev–Trinajstić information content (AvgIpc) is 2.31. The first-order chi connectivity index (χ1) is 9.28. The van der Waals surface area contributed by atoms with Crippen molar-refractivity contribution in [2.45, 2.75) is 51.7 Å². The average molecular weight is 285 g/mol. The lowest BCUT2D eigenvalue weighted by molar-refractivity contribution is -0.132. The summed E-state index contributed by atoms with van der Waals surface area (Å²) in [5.74, 6) is 0.217. The van der Waals surface area contributed by atoms with Gasteiger partial charge in [0, 0.05) is 32.6 Å². The Morgan fingerprint density at radius 1 is 1.40 bits per heavy atom. The van der Waals surface area contributed by atoms with Gasteiger partial charge in [0.15, 0.2) is 0 Å². The molecule has 0 aliphatic carbocycles. The maximum absolute atomic E-state index is 11.4. The van der Waals surface area contributed by atoms with Crippen LogP contribution in [-0.2, 0) is 9.53 Å². The highest BCUT2D eigenvalue weighted by molar-refractivity contribution is 5.76. The van der Waals surface area contributed by atoms with Gasteiger partial charge in [-0.2, -0.15) is 0 Å². The highest BCUT2D eigenvalue weighted by Gasteiger charge is 2.22. The number of rotatable bonds is 5. The molecule has 0 aromatic rings. The molecule has 1 fully saturated rings. The quantitative estimate of drug-likeness (QED) is 0.742. The molecule has 6 heteroatoms. The van der Waals surface area contributed by atoms with Crippen molar-refractivity contribution in [1.82, 2.24) is 15.5 Å². The zero-order valence-electron chi connectivity index (χ0n) is 13.0. The number of amides is 2. The van der Waals surface area contributed by atoms with Gasteiger partial charge in [-0.25, -0.2) is 4.79 Å². The predicted molar refractivity (Wildman–Crippen MR) is 77.5 cm³/mol. The van der Waals surface area contributed by atoms with Gasteiger partial charge in [0.25, 0.3) is 0 Å². The molecule has 1 saturated heterocycles. The Hall–Kier alpha value is -1.30. The van der Waals surface area contributed by atoms with Gasteiger partial charge in [-0.3, -0.25) is 4.79 Å². The minimum Gasteiger partial charge on any atom is -0.444 e. The summed E-state index contributed by atoms with van der Waals surface area (Å²) in [4.78, 5) is 24.5. The van der Waals surface area contributed by atoms with Crippen LogP contribution >= 0.6 is 0 Å². The molecule has 1 atom stereocenters. The van der Waals surface area contributed by atoms with E-state index in [1.165, 1.54) is 0 Å². The molecule has 20 heavy (non-hydrogen) atoms. The third-order valence-electron chi connectivity index (χ3n) is 3.08. The summed E-state index contributed by atoms with van der Waals surface area (Å²) in [5.41, 5.74) is -0.457. The molecular weight excluding hydrogens is 258 g/mol. The molecule has 0 bridgehead atoms. The fourth-order valence-corrected chi connectivity index (χ4v) is 2.08. The summed E-state index contributed by atoms with van der Waals surface area (Å²) in [7, 11) is 1.83. The van der Waals surface area contributed by atoms with Crippen LogP contribution in [0.4, 0.5) is 4.79 Å². The van der Waals surface area contributed by atoms with Crippen LogP contribution < -0.4 is 10.6 Å². The van der Waals surface area contributed by atoms with Gasteiger partial charge in [0.05, 0.1) is 0 Å². The summed E-state index contributed by atoms with van der Waals surface area (Å²) >= 11 is 0. The van der Waals surface area contributed by atoms with Crippen LogP contribution in [0.3, 0.4) is 0 Å². The Bertz CT molecular complexity index is 339. The molecule has 1 unspecified atom stereocenters. The Morgan fingerprint density at radius 3 is 2.70 bits per heavy atom. The monoisotopic (exact) mass is 285 g/mol. The maximum Gasteiger partial charge on any atom is 0.407 e. The van der Waals surface area contributed by atoms with E-state index in [1.807, 2.05) is 27.8 Å². The highest BCUT2D eigenvalue weighted by atomic mass is 16.6. The SMILES string of the molecule is CN1CC(NCCCNC(=O)OC(C)(C)C)CCC1=O. The number of carbonyl (C=O) groups excluding carboxylic acids is 2. The van der Waals surface area contributed by atoms with E-state index in [-0.39, 0.29) is 12.0 Å². The molecule has 116 valence electrons. The molecule has 1 rings (SSSR count). The van der Waals surface area contributed by atoms with E-state index in [4.69, 9.17) is 4.74 Å². The van der Waals surface area contributed by atoms with Crippen molar-refractivity contribution in [1.29, 1.82) is 0 Å². The normalized spacial score (nSPS) is 19.9. The zero-order chi connectivity index (χ0) is 15.2. The Morgan fingerprint density at radius 2 is 2.10 bits per heavy atom. The standard InChI is InChI=1S/C14H27N3O3/c1-14(2,3)20-13(19)16-9-5-8-15-11-6-7-12(18)17(4)10-11/h11,15H,5-10H2,1-4H3,(H,16,19). The number of likely N-dealkylation sites (N-methyl/N-ethyl adjacent to an activating group) is 1. The molecule has 0 spiro atoms. The first-order valence-electron chi connectivity index (χ1n) is 7.22. The second-order valence-corrected chi connectivity index (χ2v) is 6.25. The van der Waals surface area contributed by atoms with E-state index < -0.39 is 5.60 Å². The summed E-state index contributed by atoms with van der Waals surface area (Å²) in [6, 6.07) is 0.360. The van der Waals surface area contributed by atoms with Crippen molar-refractivity contribution >= 4 is 12.0 Å². The second kappa shape index (κ2) is 7.47. The fraction of sp³-hybridized carbons (Fsp3) is 0.857. The van der Waals surface area contributed by atoms with E-state index in [0.29, 0.717) is 19.0 Å². The lowest BCUT2D eigenvalue weighted by atomic mass is 10.1. The van der Waals surface area contributed by atoms with Gasteiger partial charge in [-0.05, 0) is 40.2 Å². The van der Waals surface area contributed by atoms with Crippen LogP contribution in [0.1, 0.15) is 40.0 Å². The summed E-state index contributed by atoms with van der Waals surface area (Å²) < 4.78 is 5.15. The van der Waals surface area contributed by atoms with Gasteiger partial charge in [-0.1, -0.05) is 0 Å². The minimum atomic E-state index is -0.457. The van der Waals surface area contributed by atoms with Gasteiger partial charge < -0.3 is 20.3 Å². The van der Waals surface area contributed by atoms with Crippen LogP contribution in [-0.4, -0.2) is 55.2 Å². The molecule has 1 heterocycles. The minimum absolute atomic E-state index is 0.217. The van der Waals surface area contributed by atoms with Crippen molar-refractivity contribution in [2.75, 3.05) is 26.7 Å². The summed E-state index contributed by atoms with van der Waals surface area (Å²) in [6.45, 7) is 7.70. The zero-order valence-corrected chi connectivity index (χ0v) is 13.0. The number of alkyl carbamates (subject to hydrolysis) is 1. The predicted octanol–water partition coefficient (Wildman–Crippen LogP) is 1.11. The fourth-order valence-electron chi connectivity index (χ4n) is 2.08. The first-order valence-corrected chi connectivity index (χ1v) is 7.22. The Balaban J connectivity index is 2.05. The van der Waals surface area contributed by atoms with E-state index in [9.17, 15) is 9.59 Å². The maximum atomic E-state index is 11.4. The smallest absolute Gasteiger partial charge is 0.407 e. The topological polar surface area (TPSA) is 70.7 Å². The molecule has 1 aliphatic rings. The lowest BCUT2D eigenvalue weighted by Crippen LogP contribution is -2.47. The van der Waals surface area contributed by atoms with E-state index in [0.717, 1.165) is 25.9 Å². The van der Waals surface area contributed by atoms with Crippen LogP contribution in [0, 0.1) is 0 Å². The number of hydrogen-bond acceptors (Lipinski definition) is 4. The number of hydrogen-bond donors (Lipinski definition) is 2. The molecule has 2 N–H and O–H groups in total. The van der Waals surface area contributed by atoms with Crippen LogP contribution in [0.15, 0.2) is 0 Å². The third kappa shape index (κ3) is 6.75. The van der Waals surface area contributed by atoms with Gasteiger partial charge >= 0.3 is 6.09 Å². The number of carbonyl (C=O) groups is 2. The van der Waals surface area contributed by atoms with Gasteiger partial charge in [0.1, 0.15) is 5.60 Å². The largest absolute Gasteiger partial charge is 0.444 e. The molecule has 0 radical (unpaired) electrons. The van der Waals surface area contributed by atoms with Crippen molar-refractivity contribution < 1.29 is 14.3 Å². The Kier molecular flexibility index (Phi) is 6.26. The number of ether oxygens (including phenoxy) is 1. The van der Waals surface area contributed by atoms with Gasteiger partial charge in [0.2, 0.25) is 5.91 Å². The van der Waals surface area contributed by atoms with Gasteiger partial charge in [-0.15, -0.1) is 0 Å². The van der Waals surface area contributed by atoms with E-state index >= 15 is 0 Å². The summed E-state index contributed by atoms with van der Waals surface area (Å²) in [6.07, 6.45) is 1.97. The van der Waals surface area contributed by atoms with Crippen molar-refractivity contribution in [2.24, 2.45) is 0 Å². The Labute approximate surface area is 121 Å². The van der Waals surface area contributed by atoms with Crippen molar-refractivity contribution in [3.8, 4) is 0 Å². The molecule has 1 aliphatic heterocycles. The number of likely N-dealkylation sites (tertiary alicyclic amines) is 1. The molecular formula is C14H27N3O3. The molecule has 0 aromatic carbocycles. The lowest BCUT2D eigenvalue weighted by Gasteiger charge is -2.30. The van der Waals surface area contributed by atoms with Crippen LogP contribution in [0.25, 0.3) is 0 Å². The number of nitrogens with zero attached hydrogens (tertiary/aromatic N) is 1. The molecule has 0 saturated carbocycles. The van der Waals surface area contributed by atoms with E-state index in [1.54, 1.807) is 4.90 Å². The summed E-state index contributed by atoms with van der Waals surface area (Å²) in [5, 5.41) is 6.14. The molecule has 2 amide bonds. The van der Waals surface area contributed by atoms with Crippen LogP contribution in [0.5, 0.6) is 0 Å². The third-order valence-corrected chi connectivity index (χ3v) is 3.08.